The second-order valence-corrected chi connectivity index (χ2v) is 4.84. The van der Waals surface area contributed by atoms with E-state index >= 15 is 0 Å². The number of aryl methyl sites for hydroxylation is 2. The van der Waals surface area contributed by atoms with Gasteiger partial charge in [0.2, 0.25) is 0 Å². The van der Waals surface area contributed by atoms with Crippen molar-refractivity contribution in [3.8, 4) is 0 Å². The smallest absolute Gasteiger partial charge is 0.0146 e. The third-order valence-electron chi connectivity index (χ3n) is 3.82. The molecule has 0 heteroatoms. The highest BCUT2D eigenvalue weighted by molar-refractivity contribution is 6.00. The molecule has 3 rings (SSSR count). The fraction of sp³-hybridized carbons (Fsp3) is 0.222. The van der Waals surface area contributed by atoms with Gasteiger partial charge in [0.15, 0.2) is 0 Å². The molecule has 0 unspecified atom stereocenters. The van der Waals surface area contributed by atoms with Gasteiger partial charge in [0.1, 0.15) is 0 Å². The Morgan fingerprint density at radius 2 is 1.17 bits per heavy atom. The zero-order valence-corrected chi connectivity index (χ0v) is 11.0. The predicted molar refractivity (Wildman–Crippen MR) is 80.2 cm³/mol. The van der Waals surface area contributed by atoms with E-state index in [1.54, 1.807) is 0 Å². The number of benzene rings is 3. The molecule has 0 N–H and O–H groups in total. The minimum absolute atomic E-state index is 1.09. The van der Waals surface area contributed by atoms with Crippen LogP contribution in [0.5, 0.6) is 0 Å². The minimum Gasteiger partial charge on any atom is -0.0614 e. The van der Waals surface area contributed by atoms with Crippen LogP contribution in [-0.2, 0) is 12.8 Å². The lowest BCUT2D eigenvalue weighted by Gasteiger charge is -2.09. The van der Waals surface area contributed by atoms with E-state index in [0.29, 0.717) is 0 Å². The summed E-state index contributed by atoms with van der Waals surface area (Å²) in [5.74, 6) is 0. The van der Waals surface area contributed by atoms with Crippen molar-refractivity contribution >= 4 is 21.5 Å². The molecule has 0 heterocycles. The first-order chi connectivity index (χ1) is 8.83. The molecule has 18 heavy (non-hydrogen) atoms. The number of hydrogen-bond donors (Lipinski definition) is 0. The summed E-state index contributed by atoms with van der Waals surface area (Å²) in [5.41, 5.74) is 2.89. The van der Waals surface area contributed by atoms with Gasteiger partial charge < -0.3 is 0 Å². The molecule has 0 fully saturated rings. The van der Waals surface area contributed by atoms with Crippen molar-refractivity contribution in [3.63, 3.8) is 0 Å². The highest BCUT2D eigenvalue weighted by Crippen LogP contribution is 2.28. The number of hydrogen-bond acceptors (Lipinski definition) is 0. The summed E-state index contributed by atoms with van der Waals surface area (Å²) in [4.78, 5) is 0. The Labute approximate surface area is 108 Å². The maximum absolute atomic E-state index is 2.38. The maximum atomic E-state index is 2.38. The molecule has 0 radical (unpaired) electrons. The zero-order chi connectivity index (χ0) is 12.5. The van der Waals surface area contributed by atoms with Crippen LogP contribution in [0.2, 0.25) is 0 Å². The molecule has 0 nitrogen and oxygen atoms in total. The zero-order valence-electron chi connectivity index (χ0n) is 11.0. The second kappa shape index (κ2) is 4.45. The molecule has 0 aliphatic heterocycles. The van der Waals surface area contributed by atoms with Gasteiger partial charge in [-0.3, -0.25) is 0 Å². The Bertz CT molecular complexity index is 649. The molecule has 0 amide bonds. The fourth-order valence-electron chi connectivity index (χ4n) is 2.80. The van der Waals surface area contributed by atoms with E-state index in [2.05, 4.69) is 62.4 Å². The molecular formula is C18H18. The van der Waals surface area contributed by atoms with Crippen molar-refractivity contribution in [1.29, 1.82) is 0 Å². The lowest BCUT2D eigenvalue weighted by molar-refractivity contribution is 1.15. The third-order valence-corrected chi connectivity index (χ3v) is 3.82. The van der Waals surface area contributed by atoms with Crippen LogP contribution in [0.3, 0.4) is 0 Å². The fourth-order valence-corrected chi connectivity index (χ4v) is 2.80. The van der Waals surface area contributed by atoms with Crippen LogP contribution in [0, 0.1) is 0 Å². The van der Waals surface area contributed by atoms with Gasteiger partial charge in [-0.25, -0.2) is 0 Å². The quantitative estimate of drug-likeness (QED) is 0.540. The summed E-state index contributed by atoms with van der Waals surface area (Å²) >= 11 is 0. The van der Waals surface area contributed by atoms with E-state index in [4.69, 9.17) is 0 Å². The molecular weight excluding hydrogens is 216 g/mol. The standard InChI is InChI=1S/C18H18/c1-3-13-7-5-9-15-11-16-10-6-8-14(4-2)18(16)12-17(13)15/h5-12H,3-4H2,1-2H3. The largest absolute Gasteiger partial charge is 0.0614 e. The predicted octanol–water partition coefficient (Wildman–Crippen LogP) is 5.12. The van der Waals surface area contributed by atoms with E-state index in [9.17, 15) is 0 Å². The van der Waals surface area contributed by atoms with E-state index in [-0.39, 0.29) is 0 Å². The van der Waals surface area contributed by atoms with Crippen LogP contribution in [-0.4, -0.2) is 0 Å². The van der Waals surface area contributed by atoms with Crippen LogP contribution >= 0.6 is 0 Å². The Morgan fingerprint density at radius 1 is 0.667 bits per heavy atom. The van der Waals surface area contributed by atoms with Gasteiger partial charge in [-0.2, -0.15) is 0 Å². The molecule has 0 atom stereocenters. The maximum Gasteiger partial charge on any atom is -0.0146 e. The van der Waals surface area contributed by atoms with Crippen LogP contribution < -0.4 is 0 Å². The lowest BCUT2D eigenvalue weighted by atomic mass is 9.95. The average Bonchev–Trinajstić information content (AvgIpc) is 2.43. The topological polar surface area (TPSA) is 0 Å². The summed E-state index contributed by atoms with van der Waals surface area (Å²) < 4.78 is 0. The Balaban J connectivity index is 2.44. The molecule has 3 aromatic rings. The van der Waals surface area contributed by atoms with E-state index < -0.39 is 0 Å². The van der Waals surface area contributed by atoms with Gasteiger partial charge >= 0.3 is 0 Å². The van der Waals surface area contributed by atoms with E-state index in [1.165, 1.54) is 32.7 Å². The van der Waals surface area contributed by atoms with Crippen molar-refractivity contribution in [2.24, 2.45) is 0 Å². The molecule has 0 spiro atoms. The molecule has 0 bridgehead atoms. The Morgan fingerprint density at radius 3 is 1.61 bits per heavy atom. The van der Waals surface area contributed by atoms with Crippen LogP contribution in [0.1, 0.15) is 25.0 Å². The summed E-state index contributed by atoms with van der Waals surface area (Å²) in [6, 6.07) is 17.9. The SMILES string of the molecule is CCc1cccc2cc3cccc(CC)c3cc12. The van der Waals surface area contributed by atoms with Crippen molar-refractivity contribution < 1.29 is 0 Å². The summed E-state index contributed by atoms with van der Waals surface area (Å²) in [7, 11) is 0. The monoisotopic (exact) mass is 234 g/mol. The van der Waals surface area contributed by atoms with Crippen molar-refractivity contribution in [2.45, 2.75) is 26.7 Å². The summed E-state index contributed by atoms with van der Waals surface area (Å²) in [6.45, 7) is 4.45. The van der Waals surface area contributed by atoms with Gasteiger partial charge in [0.25, 0.3) is 0 Å². The number of rotatable bonds is 2. The van der Waals surface area contributed by atoms with Crippen molar-refractivity contribution in [2.75, 3.05) is 0 Å². The Kier molecular flexibility index (Phi) is 2.79. The highest BCUT2D eigenvalue weighted by atomic mass is 14.1. The number of fused-ring (bicyclic) bond motifs is 2. The van der Waals surface area contributed by atoms with Crippen LogP contribution in [0.4, 0.5) is 0 Å². The lowest BCUT2D eigenvalue weighted by Crippen LogP contribution is -1.87. The molecule has 0 aromatic heterocycles. The third kappa shape index (κ3) is 1.69. The first kappa shape index (κ1) is 11.3. The summed E-state index contributed by atoms with van der Waals surface area (Å²) in [6.07, 6.45) is 2.19. The van der Waals surface area contributed by atoms with Crippen LogP contribution in [0.25, 0.3) is 21.5 Å². The molecule has 0 aliphatic rings. The minimum atomic E-state index is 1.09. The highest BCUT2D eigenvalue weighted by Gasteiger charge is 2.04. The first-order valence-corrected chi connectivity index (χ1v) is 6.76. The Hall–Kier alpha value is -1.82. The molecule has 0 saturated heterocycles. The van der Waals surface area contributed by atoms with Gasteiger partial charge in [0, 0.05) is 0 Å². The van der Waals surface area contributed by atoms with Gasteiger partial charge in [-0.15, -0.1) is 0 Å². The van der Waals surface area contributed by atoms with Gasteiger partial charge in [-0.1, -0.05) is 50.2 Å². The molecule has 3 aromatic carbocycles. The molecule has 0 saturated carbocycles. The van der Waals surface area contributed by atoms with Crippen LogP contribution in [0.15, 0.2) is 48.5 Å². The average molecular weight is 234 g/mol. The summed E-state index contributed by atoms with van der Waals surface area (Å²) in [5, 5.41) is 5.53. The normalized spacial score (nSPS) is 11.2. The van der Waals surface area contributed by atoms with Gasteiger partial charge in [0.05, 0.1) is 0 Å². The van der Waals surface area contributed by atoms with Crippen molar-refractivity contribution in [3.05, 3.63) is 59.7 Å². The van der Waals surface area contributed by atoms with Crippen molar-refractivity contribution in [1.82, 2.24) is 0 Å². The second-order valence-electron chi connectivity index (χ2n) is 4.84. The van der Waals surface area contributed by atoms with E-state index in [0.717, 1.165) is 12.8 Å². The first-order valence-electron chi connectivity index (χ1n) is 6.76. The molecule has 90 valence electrons. The van der Waals surface area contributed by atoms with Gasteiger partial charge in [-0.05, 0) is 57.6 Å². The molecule has 0 aliphatic carbocycles. The van der Waals surface area contributed by atoms with E-state index in [1.807, 2.05) is 0 Å².